The van der Waals surface area contributed by atoms with Gasteiger partial charge in [-0.3, -0.25) is 14.3 Å². The molecule has 1 aliphatic carbocycles. The van der Waals surface area contributed by atoms with Gasteiger partial charge in [-0.25, -0.2) is 0 Å². The summed E-state index contributed by atoms with van der Waals surface area (Å²) in [5.41, 5.74) is 4.89. The monoisotopic (exact) mass is 446 g/mol. The van der Waals surface area contributed by atoms with E-state index in [1.807, 2.05) is 30.3 Å². The third-order valence-electron chi connectivity index (χ3n) is 5.64. The molecular formula is C25H26N4O2S. The van der Waals surface area contributed by atoms with Crippen LogP contribution in [0.15, 0.2) is 65.8 Å². The van der Waals surface area contributed by atoms with Crippen LogP contribution in [0.25, 0.3) is 6.08 Å². The number of amides is 2. The first-order chi connectivity index (χ1) is 15.1. The summed E-state index contributed by atoms with van der Waals surface area (Å²) in [6, 6.07) is 13.6. The SMILES string of the molecule is C.CN1C(=O)[C@@H](NC(=O)c2cnn(Cc3ccccc3)c2)CSc2cc3c(cc21)C=CC3. The molecule has 2 amide bonds. The van der Waals surface area contributed by atoms with Gasteiger partial charge in [0.15, 0.2) is 0 Å². The van der Waals surface area contributed by atoms with Crippen molar-refractivity contribution in [3.63, 3.8) is 0 Å². The summed E-state index contributed by atoms with van der Waals surface area (Å²) < 4.78 is 1.73. The summed E-state index contributed by atoms with van der Waals surface area (Å²) in [5.74, 6) is 0.0907. The molecule has 2 aliphatic rings. The van der Waals surface area contributed by atoms with Gasteiger partial charge in [0.2, 0.25) is 5.91 Å². The van der Waals surface area contributed by atoms with E-state index >= 15 is 0 Å². The summed E-state index contributed by atoms with van der Waals surface area (Å²) in [5, 5.41) is 7.20. The number of aromatic nitrogens is 2. The minimum absolute atomic E-state index is 0. The lowest BCUT2D eigenvalue weighted by Crippen LogP contribution is -2.48. The van der Waals surface area contributed by atoms with Crippen LogP contribution in [0.1, 0.15) is 34.5 Å². The summed E-state index contributed by atoms with van der Waals surface area (Å²) in [4.78, 5) is 28.6. The van der Waals surface area contributed by atoms with Gasteiger partial charge in [0.05, 0.1) is 24.0 Å². The Balaban J connectivity index is 0.00000245. The van der Waals surface area contributed by atoms with Crippen LogP contribution < -0.4 is 10.2 Å². The van der Waals surface area contributed by atoms with Crippen molar-refractivity contribution in [1.82, 2.24) is 15.1 Å². The molecule has 0 radical (unpaired) electrons. The number of anilines is 1. The first-order valence-electron chi connectivity index (χ1n) is 10.2. The van der Waals surface area contributed by atoms with Crippen molar-refractivity contribution >= 4 is 35.3 Å². The largest absolute Gasteiger partial charge is 0.339 e. The lowest BCUT2D eigenvalue weighted by molar-refractivity contribution is -0.119. The van der Waals surface area contributed by atoms with E-state index in [0.29, 0.717) is 17.9 Å². The minimum Gasteiger partial charge on any atom is -0.339 e. The second-order valence-corrected chi connectivity index (χ2v) is 8.83. The van der Waals surface area contributed by atoms with Crippen LogP contribution in [0.3, 0.4) is 0 Å². The Bertz CT molecular complexity index is 1190. The van der Waals surface area contributed by atoms with E-state index in [4.69, 9.17) is 0 Å². The van der Waals surface area contributed by atoms with Crippen molar-refractivity contribution in [2.24, 2.45) is 0 Å². The Kier molecular flexibility index (Phi) is 6.19. The average molecular weight is 447 g/mol. The third kappa shape index (κ3) is 4.21. The van der Waals surface area contributed by atoms with Crippen molar-refractivity contribution in [3.05, 3.63) is 83.2 Å². The molecule has 164 valence electrons. The third-order valence-corrected chi connectivity index (χ3v) is 6.78. The molecule has 0 bridgehead atoms. The van der Waals surface area contributed by atoms with E-state index in [2.05, 4.69) is 34.7 Å². The number of nitrogens with one attached hydrogen (secondary N) is 1. The predicted molar refractivity (Wildman–Crippen MR) is 129 cm³/mol. The molecule has 5 rings (SSSR count). The molecule has 1 aromatic heterocycles. The smallest absolute Gasteiger partial charge is 0.255 e. The lowest BCUT2D eigenvalue weighted by atomic mass is 10.1. The molecular weight excluding hydrogens is 420 g/mol. The lowest BCUT2D eigenvalue weighted by Gasteiger charge is -2.22. The predicted octanol–water partition coefficient (Wildman–Crippen LogP) is 4.00. The number of allylic oxidation sites excluding steroid dienone is 1. The molecule has 0 unspecified atom stereocenters. The van der Waals surface area contributed by atoms with Gasteiger partial charge in [-0.05, 0) is 35.2 Å². The highest BCUT2D eigenvalue weighted by Gasteiger charge is 2.31. The van der Waals surface area contributed by atoms with Crippen LogP contribution >= 0.6 is 11.8 Å². The van der Waals surface area contributed by atoms with Crippen LogP contribution in [0.4, 0.5) is 5.69 Å². The fourth-order valence-corrected chi connectivity index (χ4v) is 5.07. The van der Waals surface area contributed by atoms with Gasteiger partial charge in [-0.15, -0.1) is 11.8 Å². The number of nitrogens with zero attached hydrogens (tertiary/aromatic N) is 3. The summed E-state index contributed by atoms with van der Waals surface area (Å²) in [7, 11) is 1.77. The molecule has 1 aliphatic heterocycles. The van der Waals surface area contributed by atoms with E-state index in [0.717, 1.165) is 28.1 Å². The number of benzene rings is 2. The Morgan fingerprint density at radius 2 is 2.06 bits per heavy atom. The van der Waals surface area contributed by atoms with E-state index in [-0.39, 0.29) is 19.2 Å². The first-order valence-corrected chi connectivity index (χ1v) is 11.2. The molecule has 2 aromatic carbocycles. The molecule has 6 nitrogen and oxygen atoms in total. The van der Waals surface area contributed by atoms with E-state index in [1.54, 1.807) is 40.8 Å². The van der Waals surface area contributed by atoms with Crippen molar-refractivity contribution in [2.45, 2.75) is 31.3 Å². The zero-order chi connectivity index (χ0) is 21.4. The minimum atomic E-state index is -0.599. The molecule has 1 atom stereocenters. The van der Waals surface area contributed by atoms with Crippen LogP contribution in [-0.4, -0.2) is 40.4 Å². The molecule has 0 spiro atoms. The second-order valence-electron chi connectivity index (χ2n) is 7.77. The standard InChI is InChI=1S/C24H22N4O2S.CH4/c1-27-21-10-17-8-5-9-18(17)11-22(21)31-15-20(24(27)30)26-23(29)19-12-25-28(14-19)13-16-6-3-2-4-7-16;/h2-8,10-12,14,20H,9,13,15H2,1H3,(H,26,29);1H4/t20-;/m0./s1. The van der Waals surface area contributed by atoms with Crippen molar-refractivity contribution in [1.29, 1.82) is 0 Å². The maximum absolute atomic E-state index is 13.1. The van der Waals surface area contributed by atoms with E-state index in [9.17, 15) is 9.59 Å². The van der Waals surface area contributed by atoms with Gasteiger partial charge >= 0.3 is 0 Å². The Morgan fingerprint density at radius 1 is 1.25 bits per heavy atom. The van der Waals surface area contributed by atoms with Gasteiger partial charge in [0.1, 0.15) is 6.04 Å². The molecule has 7 heteroatoms. The maximum atomic E-state index is 13.1. The average Bonchev–Trinajstić information content (AvgIpc) is 3.42. The fourth-order valence-electron chi connectivity index (χ4n) is 3.93. The Morgan fingerprint density at radius 3 is 2.88 bits per heavy atom. The van der Waals surface area contributed by atoms with Gasteiger partial charge in [-0.2, -0.15) is 5.10 Å². The van der Waals surface area contributed by atoms with Crippen molar-refractivity contribution in [3.8, 4) is 0 Å². The van der Waals surface area contributed by atoms with Crippen LogP contribution in [0.5, 0.6) is 0 Å². The summed E-state index contributed by atoms with van der Waals surface area (Å²) in [6.45, 7) is 0.587. The Hall–Kier alpha value is -3.32. The highest BCUT2D eigenvalue weighted by molar-refractivity contribution is 7.99. The quantitative estimate of drug-likeness (QED) is 0.658. The number of carbonyl (C=O) groups is 2. The number of likely N-dealkylation sites (N-methyl/N-ethyl adjacent to an activating group) is 1. The molecule has 32 heavy (non-hydrogen) atoms. The summed E-state index contributed by atoms with van der Waals surface area (Å²) in [6.07, 6.45) is 8.41. The van der Waals surface area contributed by atoms with E-state index in [1.165, 1.54) is 5.56 Å². The molecule has 0 saturated heterocycles. The highest BCUT2D eigenvalue weighted by atomic mass is 32.2. The van der Waals surface area contributed by atoms with Crippen LogP contribution in [-0.2, 0) is 17.8 Å². The number of carbonyl (C=O) groups excluding carboxylic acids is 2. The Labute approximate surface area is 192 Å². The number of fused-ring (bicyclic) bond motifs is 2. The van der Waals surface area contributed by atoms with Gasteiger partial charge in [0, 0.05) is 23.9 Å². The summed E-state index contributed by atoms with van der Waals surface area (Å²) >= 11 is 1.61. The molecule has 2 heterocycles. The van der Waals surface area contributed by atoms with Crippen molar-refractivity contribution in [2.75, 3.05) is 17.7 Å². The van der Waals surface area contributed by atoms with Gasteiger partial charge in [-0.1, -0.05) is 49.9 Å². The highest BCUT2D eigenvalue weighted by Crippen LogP contribution is 2.38. The van der Waals surface area contributed by atoms with Crippen LogP contribution in [0.2, 0.25) is 0 Å². The zero-order valence-corrected chi connectivity index (χ0v) is 17.9. The van der Waals surface area contributed by atoms with E-state index < -0.39 is 6.04 Å². The van der Waals surface area contributed by atoms with Crippen LogP contribution in [0, 0.1) is 0 Å². The fraction of sp³-hybridized carbons (Fsp3) is 0.240. The number of thioether (sulfide) groups is 1. The number of hydrogen-bond acceptors (Lipinski definition) is 4. The first kappa shape index (κ1) is 21.9. The number of rotatable bonds is 4. The van der Waals surface area contributed by atoms with Crippen molar-refractivity contribution < 1.29 is 9.59 Å². The molecule has 0 fully saturated rings. The number of hydrogen-bond donors (Lipinski definition) is 1. The molecule has 3 aromatic rings. The second kappa shape index (κ2) is 9.04. The zero-order valence-electron chi connectivity index (χ0n) is 17.1. The topological polar surface area (TPSA) is 67.2 Å². The molecule has 0 saturated carbocycles. The normalized spacial score (nSPS) is 16.7. The van der Waals surface area contributed by atoms with Gasteiger partial charge < -0.3 is 10.2 Å². The van der Waals surface area contributed by atoms with Gasteiger partial charge in [0.25, 0.3) is 5.91 Å². The molecule has 1 N–H and O–H groups in total. The maximum Gasteiger partial charge on any atom is 0.255 e.